The lowest BCUT2D eigenvalue weighted by atomic mass is 10.3. The molecule has 0 N–H and O–H groups in total. The Morgan fingerprint density at radius 1 is 1.26 bits per heavy atom. The van der Waals surface area contributed by atoms with E-state index in [0.717, 1.165) is 6.07 Å². The SMILES string of the molecule is CC(Oc1ccc(OC(F)F)cc1F)c1nccs1. The highest BCUT2D eigenvalue weighted by Gasteiger charge is 2.14. The lowest BCUT2D eigenvalue weighted by Gasteiger charge is -2.13. The predicted molar refractivity (Wildman–Crippen MR) is 64.2 cm³/mol. The van der Waals surface area contributed by atoms with Gasteiger partial charge in [0.2, 0.25) is 0 Å². The van der Waals surface area contributed by atoms with Gasteiger partial charge < -0.3 is 9.47 Å². The van der Waals surface area contributed by atoms with E-state index in [-0.39, 0.29) is 11.5 Å². The summed E-state index contributed by atoms with van der Waals surface area (Å²) in [6.45, 7) is -1.26. The molecule has 102 valence electrons. The van der Waals surface area contributed by atoms with Crippen molar-refractivity contribution in [2.75, 3.05) is 0 Å². The summed E-state index contributed by atoms with van der Waals surface area (Å²) in [6.07, 6.45) is 1.20. The Hall–Kier alpha value is -1.76. The minimum Gasteiger partial charge on any atom is -0.480 e. The van der Waals surface area contributed by atoms with E-state index >= 15 is 0 Å². The van der Waals surface area contributed by atoms with Crippen molar-refractivity contribution >= 4 is 11.3 Å². The van der Waals surface area contributed by atoms with Crippen LogP contribution in [-0.4, -0.2) is 11.6 Å². The van der Waals surface area contributed by atoms with Crippen LogP contribution in [0.3, 0.4) is 0 Å². The molecule has 0 aliphatic rings. The summed E-state index contributed by atoms with van der Waals surface area (Å²) in [5, 5.41) is 2.48. The fourth-order valence-corrected chi connectivity index (χ4v) is 2.05. The van der Waals surface area contributed by atoms with Gasteiger partial charge in [-0.2, -0.15) is 8.78 Å². The zero-order valence-corrected chi connectivity index (χ0v) is 10.7. The van der Waals surface area contributed by atoms with E-state index in [4.69, 9.17) is 4.74 Å². The largest absolute Gasteiger partial charge is 0.480 e. The fraction of sp³-hybridized carbons (Fsp3) is 0.250. The van der Waals surface area contributed by atoms with Crippen LogP contribution in [0.5, 0.6) is 11.5 Å². The minimum absolute atomic E-state index is 0.0377. The first-order valence-corrected chi connectivity index (χ1v) is 6.24. The Bertz CT molecular complexity index is 534. The van der Waals surface area contributed by atoms with Gasteiger partial charge in [0.15, 0.2) is 11.6 Å². The summed E-state index contributed by atoms with van der Waals surface area (Å²) in [7, 11) is 0. The van der Waals surface area contributed by atoms with Gasteiger partial charge in [-0.3, -0.25) is 0 Å². The van der Waals surface area contributed by atoms with Gasteiger partial charge in [0, 0.05) is 17.6 Å². The molecular formula is C12H10F3NO2S. The second-order valence-corrected chi connectivity index (χ2v) is 4.53. The molecule has 19 heavy (non-hydrogen) atoms. The molecule has 0 fully saturated rings. The van der Waals surface area contributed by atoms with Crippen molar-refractivity contribution in [1.29, 1.82) is 0 Å². The molecule has 7 heteroatoms. The van der Waals surface area contributed by atoms with E-state index in [1.807, 2.05) is 0 Å². The standard InChI is InChI=1S/C12H10F3NO2S/c1-7(11-16-4-5-19-11)17-10-3-2-8(6-9(10)13)18-12(14)15/h2-7,12H,1H3. The predicted octanol–water partition coefficient (Wildman–Crippen LogP) is 4.02. The van der Waals surface area contributed by atoms with Crippen molar-refractivity contribution < 1.29 is 22.6 Å². The van der Waals surface area contributed by atoms with E-state index in [0.29, 0.717) is 5.01 Å². The fourth-order valence-electron chi connectivity index (χ4n) is 1.43. The Morgan fingerprint density at radius 3 is 2.63 bits per heavy atom. The van der Waals surface area contributed by atoms with Gasteiger partial charge >= 0.3 is 6.61 Å². The van der Waals surface area contributed by atoms with E-state index in [1.54, 1.807) is 18.5 Å². The van der Waals surface area contributed by atoms with E-state index in [2.05, 4.69) is 9.72 Å². The van der Waals surface area contributed by atoms with Gasteiger partial charge in [-0.25, -0.2) is 9.37 Å². The topological polar surface area (TPSA) is 31.4 Å². The third kappa shape index (κ3) is 3.60. The summed E-state index contributed by atoms with van der Waals surface area (Å²) >= 11 is 1.39. The highest BCUT2D eigenvalue weighted by Crippen LogP contribution is 2.28. The van der Waals surface area contributed by atoms with Crippen molar-refractivity contribution in [1.82, 2.24) is 4.98 Å². The molecule has 1 aromatic carbocycles. The second-order valence-electron chi connectivity index (χ2n) is 3.60. The minimum atomic E-state index is -2.99. The summed E-state index contributed by atoms with van der Waals surface area (Å²) in [6, 6.07) is 3.33. The van der Waals surface area contributed by atoms with Gasteiger partial charge in [0.1, 0.15) is 16.9 Å². The maximum atomic E-state index is 13.6. The average Bonchev–Trinajstić information content (AvgIpc) is 2.85. The zero-order chi connectivity index (χ0) is 13.8. The highest BCUT2D eigenvalue weighted by atomic mass is 32.1. The molecule has 1 unspecified atom stereocenters. The maximum Gasteiger partial charge on any atom is 0.387 e. The van der Waals surface area contributed by atoms with Gasteiger partial charge in [-0.15, -0.1) is 11.3 Å². The van der Waals surface area contributed by atoms with E-state index in [9.17, 15) is 13.2 Å². The van der Waals surface area contributed by atoms with E-state index in [1.165, 1.54) is 23.5 Å². The zero-order valence-electron chi connectivity index (χ0n) is 9.85. The number of alkyl halides is 2. The number of ether oxygens (including phenoxy) is 2. The smallest absolute Gasteiger partial charge is 0.387 e. The number of benzene rings is 1. The molecule has 3 nitrogen and oxygen atoms in total. The molecule has 2 rings (SSSR count). The molecule has 0 spiro atoms. The van der Waals surface area contributed by atoms with Crippen LogP contribution in [0.4, 0.5) is 13.2 Å². The number of aromatic nitrogens is 1. The molecule has 0 aliphatic heterocycles. The van der Waals surface area contributed by atoms with Crippen LogP contribution in [0.15, 0.2) is 29.8 Å². The summed E-state index contributed by atoms with van der Waals surface area (Å²) in [5.41, 5.74) is 0. The number of nitrogens with zero attached hydrogens (tertiary/aromatic N) is 1. The normalized spacial score (nSPS) is 12.5. The molecule has 0 saturated carbocycles. The number of rotatable bonds is 5. The Labute approximate surface area is 111 Å². The van der Waals surface area contributed by atoms with Crippen LogP contribution in [0.2, 0.25) is 0 Å². The molecule has 1 aromatic heterocycles. The van der Waals surface area contributed by atoms with Crippen molar-refractivity contribution in [3.8, 4) is 11.5 Å². The van der Waals surface area contributed by atoms with Crippen LogP contribution < -0.4 is 9.47 Å². The molecule has 1 heterocycles. The van der Waals surface area contributed by atoms with Crippen molar-refractivity contribution in [3.05, 3.63) is 40.6 Å². The number of halogens is 3. The van der Waals surface area contributed by atoms with Crippen molar-refractivity contribution in [2.45, 2.75) is 19.6 Å². The van der Waals surface area contributed by atoms with Crippen molar-refractivity contribution in [3.63, 3.8) is 0 Å². The number of thiazole rings is 1. The molecular weight excluding hydrogens is 279 g/mol. The lowest BCUT2D eigenvalue weighted by molar-refractivity contribution is -0.0500. The van der Waals surface area contributed by atoms with Gasteiger partial charge in [-0.1, -0.05) is 0 Å². The Kier molecular flexibility index (Phi) is 4.26. The van der Waals surface area contributed by atoms with Crippen LogP contribution >= 0.6 is 11.3 Å². The Balaban J connectivity index is 2.09. The molecule has 0 aliphatic carbocycles. The third-order valence-electron chi connectivity index (χ3n) is 2.23. The van der Waals surface area contributed by atoms with Crippen LogP contribution in [0, 0.1) is 5.82 Å². The molecule has 0 amide bonds. The molecule has 0 saturated heterocycles. The number of hydrogen-bond acceptors (Lipinski definition) is 4. The first-order chi connectivity index (χ1) is 9.06. The molecule has 2 aromatic rings. The Morgan fingerprint density at radius 2 is 2.05 bits per heavy atom. The van der Waals surface area contributed by atoms with Crippen molar-refractivity contribution in [2.24, 2.45) is 0 Å². The molecule has 0 bridgehead atoms. The average molecular weight is 289 g/mol. The summed E-state index contributed by atoms with van der Waals surface area (Å²) < 4.78 is 47.0. The third-order valence-corrected chi connectivity index (χ3v) is 3.17. The first-order valence-electron chi connectivity index (χ1n) is 5.36. The molecule has 0 radical (unpaired) electrons. The monoisotopic (exact) mass is 289 g/mol. The van der Waals surface area contributed by atoms with E-state index < -0.39 is 18.5 Å². The lowest BCUT2D eigenvalue weighted by Crippen LogP contribution is -2.05. The number of hydrogen-bond donors (Lipinski definition) is 0. The highest BCUT2D eigenvalue weighted by molar-refractivity contribution is 7.09. The summed E-state index contributed by atoms with van der Waals surface area (Å²) in [5.74, 6) is -1.05. The summed E-state index contributed by atoms with van der Waals surface area (Å²) in [4.78, 5) is 4.05. The van der Waals surface area contributed by atoms with Crippen LogP contribution in [-0.2, 0) is 0 Å². The van der Waals surface area contributed by atoms with Crippen LogP contribution in [0.1, 0.15) is 18.0 Å². The van der Waals surface area contributed by atoms with Crippen LogP contribution in [0.25, 0.3) is 0 Å². The van der Waals surface area contributed by atoms with Gasteiger partial charge in [-0.05, 0) is 19.1 Å². The second kappa shape index (κ2) is 5.92. The maximum absolute atomic E-state index is 13.6. The quantitative estimate of drug-likeness (QED) is 0.833. The molecule has 1 atom stereocenters. The van der Waals surface area contributed by atoms with Gasteiger partial charge in [0.05, 0.1) is 0 Å². The van der Waals surface area contributed by atoms with Gasteiger partial charge in [0.25, 0.3) is 0 Å². The first kappa shape index (κ1) is 13.7.